The van der Waals surface area contributed by atoms with Gasteiger partial charge >= 0.3 is 0 Å². The van der Waals surface area contributed by atoms with Gasteiger partial charge in [0.2, 0.25) is 0 Å². The Morgan fingerprint density at radius 1 is 0.333 bits per heavy atom. The zero-order valence-electron chi connectivity index (χ0n) is 39.2. The third-order valence-electron chi connectivity index (χ3n) is 14.1. The molecule has 0 radical (unpaired) electrons. The SMILES string of the molecule is Brc1ccc2c(c1)N(c1ccccc1)c1cc(N(c3ccccc3)c3cc(Oc4ccccc4)cc(N(c4ccccc4)c4ccccc4-c4ccccc4)c3)ccc1C21c2ccccc2-c2ccccc21. The van der Waals surface area contributed by atoms with Crippen LogP contribution < -0.4 is 19.4 Å². The summed E-state index contributed by atoms with van der Waals surface area (Å²) in [4.78, 5) is 7.18. The highest BCUT2D eigenvalue weighted by Gasteiger charge is 2.52. The van der Waals surface area contributed by atoms with Crippen LogP contribution in [0.25, 0.3) is 22.3 Å². The summed E-state index contributed by atoms with van der Waals surface area (Å²) in [6.07, 6.45) is 0. The van der Waals surface area contributed by atoms with Gasteiger partial charge < -0.3 is 19.4 Å². The van der Waals surface area contributed by atoms with Crippen molar-refractivity contribution in [3.05, 3.63) is 306 Å². The number of anilines is 9. The minimum atomic E-state index is -0.598. The lowest BCUT2D eigenvalue weighted by Crippen LogP contribution is -2.36. The van der Waals surface area contributed by atoms with E-state index in [2.05, 4.69) is 279 Å². The van der Waals surface area contributed by atoms with Crippen LogP contribution in [0.5, 0.6) is 11.5 Å². The van der Waals surface area contributed by atoms with Gasteiger partial charge in [-0.1, -0.05) is 198 Å². The molecule has 1 heterocycles. The zero-order valence-corrected chi connectivity index (χ0v) is 40.8. The van der Waals surface area contributed by atoms with Crippen molar-refractivity contribution in [1.29, 1.82) is 0 Å². The van der Waals surface area contributed by atoms with Crippen LogP contribution in [0.2, 0.25) is 0 Å². The molecule has 13 rings (SSSR count). The molecule has 0 saturated heterocycles. The minimum absolute atomic E-state index is 0.598. The molecule has 5 heteroatoms. The van der Waals surface area contributed by atoms with Gasteiger partial charge in [-0.15, -0.1) is 0 Å². The molecule has 0 atom stereocenters. The summed E-state index contributed by atoms with van der Waals surface area (Å²) >= 11 is 3.94. The molecule has 72 heavy (non-hydrogen) atoms. The van der Waals surface area contributed by atoms with E-state index in [1.807, 2.05) is 30.3 Å². The quantitative estimate of drug-likeness (QED) is 0.136. The topological polar surface area (TPSA) is 19.0 Å². The largest absolute Gasteiger partial charge is 0.457 e. The Kier molecular flexibility index (Phi) is 10.9. The van der Waals surface area contributed by atoms with Gasteiger partial charge in [-0.3, -0.25) is 0 Å². The Bertz CT molecular complexity index is 3710. The highest BCUT2D eigenvalue weighted by Crippen LogP contribution is 2.64. The standard InChI is InChI=1S/C67H46BrN3O/c68-48-38-40-62-65(42-48)71(51-28-12-4-13-29-51)66-46-52(39-41-63(66)67(62)60-35-19-16-33-58(60)59-34-17-20-36-61(59)67)69(49-24-8-2-9-25-49)53-43-54(45-56(44-53)72-55-30-14-5-15-31-55)70(50-26-10-3-11-27-50)64-37-21-18-32-57(64)47-22-6-1-7-23-47/h1-46H. The van der Waals surface area contributed by atoms with E-state index in [1.54, 1.807) is 0 Å². The molecular formula is C67H46BrN3O. The molecule has 0 N–H and O–H groups in total. The van der Waals surface area contributed by atoms with Crippen molar-refractivity contribution in [2.24, 2.45) is 0 Å². The van der Waals surface area contributed by atoms with Gasteiger partial charge in [0, 0.05) is 44.9 Å². The predicted octanol–water partition coefficient (Wildman–Crippen LogP) is 19.0. The van der Waals surface area contributed by atoms with Crippen LogP contribution >= 0.6 is 15.9 Å². The number of fused-ring (bicyclic) bond motifs is 9. The first kappa shape index (κ1) is 43.1. The van der Waals surface area contributed by atoms with Gasteiger partial charge in [-0.2, -0.15) is 0 Å². The fraction of sp³-hybridized carbons (Fsp3) is 0.0149. The number of rotatable bonds is 10. The Hall–Kier alpha value is -8.90. The first-order valence-corrected chi connectivity index (χ1v) is 25.1. The van der Waals surface area contributed by atoms with Crippen LogP contribution in [0, 0.1) is 0 Å². The average Bonchev–Trinajstić information content (AvgIpc) is 3.73. The van der Waals surface area contributed by atoms with Crippen molar-refractivity contribution in [2.75, 3.05) is 14.7 Å². The van der Waals surface area contributed by atoms with Crippen molar-refractivity contribution >= 4 is 67.1 Å². The van der Waals surface area contributed by atoms with E-state index in [0.29, 0.717) is 5.75 Å². The second-order valence-electron chi connectivity index (χ2n) is 18.2. The summed E-state index contributed by atoms with van der Waals surface area (Å²) in [5.41, 5.74) is 18.4. The minimum Gasteiger partial charge on any atom is -0.457 e. The van der Waals surface area contributed by atoms with Crippen molar-refractivity contribution in [2.45, 2.75) is 5.41 Å². The fourth-order valence-corrected chi connectivity index (χ4v) is 11.5. The monoisotopic (exact) mass is 987 g/mol. The lowest BCUT2D eigenvalue weighted by atomic mass is 9.64. The van der Waals surface area contributed by atoms with Crippen LogP contribution in [0.15, 0.2) is 284 Å². The Morgan fingerprint density at radius 2 is 0.819 bits per heavy atom. The van der Waals surface area contributed by atoms with Crippen LogP contribution in [-0.4, -0.2) is 0 Å². The molecule has 0 amide bonds. The highest BCUT2D eigenvalue weighted by molar-refractivity contribution is 9.10. The zero-order chi connectivity index (χ0) is 48.0. The number of halogens is 1. The maximum atomic E-state index is 6.90. The van der Waals surface area contributed by atoms with Gasteiger partial charge in [-0.25, -0.2) is 0 Å². The number of hydrogen-bond acceptors (Lipinski definition) is 4. The van der Waals surface area contributed by atoms with Gasteiger partial charge in [-0.05, 0) is 124 Å². The number of hydrogen-bond donors (Lipinski definition) is 0. The molecule has 0 fully saturated rings. The van der Waals surface area contributed by atoms with E-state index >= 15 is 0 Å². The number of ether oxygens (including phenoxy) is 1. The van der Waals surface area contributed by atoms with Crippen molar-refractivity contribution in [3.8, 4) is 33.8 Å². The Labute approximate surface area is 429 Å². The molecule has 1 aliphatic carbocycles. The molecular weight excluding hydrogens is 943 g/mol. The third-order valence-corrected chi connectivity index (χ3v) is 14.6. The molecule has 11 aromatic carbocycles. The maximum absolute atomic E-state index is 6.90. The second kappa shape index (κ2) is 18.1. The fourth-order valence-electron chi connectivity index (χ4n) is 11.2. The van der Waals surface area contributed by atoms with Crippen LogP contribution in [0.3, 0.4) is 0 Å². The second-order valence-corrected chi connectivity index (χ2v) is 19.1. The Balaban J connectivity index is 1.08. The molecule has 2 aliphatic rings. The molecule has 0 unspecified atom stereocenters. The average molecular weight is 989 g/mol. The van der Waals surface area contributed by atoms with Gasteiger partial charge in [0.05, 0.1) is 33.9 Å². The van der Waals surface area contributed by atoms with Crippen LogP contribution in [-0.2, 0) is 5.41 Å². The predicted molar refractivity (Wildman–Crippen MR) is 301 cm³/mol. The summed E-state index contributed by atoms with van der Waals surface area (Å²) in [5.74, 6) is 1.45. The van der Waals surface area contributed by atoms with Gasteiger partial charge in [0.1, 0.15) is 11.5 Å². The summed E-state index contributed by atoms with van der Waals surface area (Å²) in [6.45, 7) is 0. The number of para-hydroxylation sites is 5. The van der Waals surface area contributed by atoms with Crippen molar-refractivity contribution in [3.63, 3.8) is 0 Å². The lowest BCUT2D eigenvalue weighted by Gasteiger charge is -2.45. The van der Waals surface area contributed by atoms with Crippen LogP contribution in [0.1, 0.15) is 22.3 Å². The van der Waals surface area contributed by atoms with Gasteiger partial charge in [0.25, 0.3) is 0 Å². The van der Waals surface area contributed by atoms with E-state index < -0.39 is 5.41 Å². The normalized spacial score (nSPS) is 12.6. The molecule has 11 aromatic rings. The highest BCUT2D eigenvalue weighted by atomic mass is 79.9. The van der Waals surface area contributed by atoms with E-state index in [0.717, 1.165) is 72.5 Å². The summed E-state index contributed by atoms with van der Waals surface area (Å²) in [5, 5.41) is 0. The van der Waals surface area contributed by atoms with Gasteiger partial charge in [0.15, 0.2) is 0 Å². The van der Waals surface area contributed by atoms with Crippen LogP contribution in [0.4, 0.5) is 51.2 Å². The molecule has 1 aliphatic heterocycles. The lowest BCUT2D eigenvalue weighted by molar-refractivity contribution is 0.483. The van der Waals surface area contributed by atoms with E-state index in [9.17, 15) is 0 Å². The summed E-state index contributed by atoms with van der Waals surface area (Å²) in [7, 11) is 0. The summed E-state index contributed by atoms with van der Waals surface area (Å²) < 4.78 is 7.91. The Morgan fingerprint density at radius 3 is 1.46 bits per heavy atom. The summed E-state index contributed by atoms with van der Waals surface area (Å²) in [6, 6.07) is 99.9. The maximum Gasteiger partial charge on any atom is 0.131 e. The molecule has 0 aromatic heterocycles. The van der Waals surface area contributed by atoms with E-state index in [-0.39, 0.29) is 0 Å². The number of nitrogens with zero attached hydrogens (tertiary/aromatic N) is 3. The molecule has 342 valence electrons. The molecule has 0 saturated carbocycles. The van der Waals surface area contributed by atoms with E-state index in [1.165, 1.54) is 33.4 Å². The van der Waals surface area contributed by atoms with Crippen molar-refractivity contribution < 1.29 is 4.74 Å². The van der Waals surface area contributed by atoms with Crippen molar-refractivity contribution in [1.82, 2.24) is 0 Å². The molecule has 4 nitrogen and oxygen atoms in total. The van der Waals surface area contributed by atoms with E-state index in [4.69, 9.17) is 4.74 Å². The third kappa shape index (κ3) is 7.28. The molecule has 1 spiro atoms. The molecule has 0 bridgehead atoms. The first-order chi connectivity index (χ1) is 35.6. The smallest absolute Gasteiger partial charge is 0.131 e. The first-order valence-electron chi connectivity index (χ1n) is 24.4. The number of benzene rings is 11.